The van der Waals surface area contributed by atoms with Gasteiger partial charge in [0.2, 0.25) is 0 Å². The zero-order valence-electron chi connectivity index (χ0n) is 7.49. The van der Waals surface area contributed by atoms with Gasteiger partial charge < -0.3 is 10.1 Å². The smallest absolute Gasteiger partial charge is 0.144 e. The lowest BCUT2D eigenvalue weighted by Crippen LogP contribution is -2.38. The second kappa shape index (κ2) is 3.30. The van der Waals surface area contributed by atoms with E-state index in [0.717, 1.165) is 31.2 Å². The van der Waals surface area contributed by atoms with E-state index in [4.69, 9.17) is 0 Å². The molecule has 13 heavy (non-hydrogen) atoms. The van der Waals surface area contributed by atoms with Crippen LogP contribution in [0.1, 0.15) is 18.4 Å². The van der Waals surface area contributed by atoms with Crippen LogP contribution in [0, 0.1) is 0 Å². The van der Waals surface area contributed by atoms with E-state index >= 15 is 0 Å². The molecule has 0 radical (unpaired) electrons. The van der Waals surface area contributed by atoms with Crippen molar-refractivity contribution in [1.29, 1.82) is 0 Å². The molecule has 0 bridgehead atoms. The minimum atomic E-state index is -0.402. The monoisotopic (exact) mass is 175 g/mol. The molecular weight excluding hydrogens is 162 g/mol. The van der Waals surface area contributed by atoms with Crippen molar-refractivity contribution in [2.45, 2.75) is 18.4 Å². The van der Waals surface area contributed by atoms with Crippen LogP contribution < -0.4 is 5.32 Å². The Hall–Kier alpha value is -1.15. The van der Waals surface area contributed by atoms with Crippen molar-refractivity contribution >= 4 is 6.29 Å². The summed E-state index contributed by atoms with van der Waals surface area (Å²) in [6.07, 6.45) is 3.03. The van der Waals surface area contributed by atoms with Gasteiger partial charge in [-0.2, -0.15) is 0 Å². The molecule has 1 N–H and O–H groups in total. The fourth-order valence-corrected chi connectivity index (χ4v) is 1.92. The maximum atomic E-state index is 11.1. The van der Waals surface area contributed by atoms with E-state index in [1.807, 2.05) is 30.3 Å². The Balaban J connectivity index is 2.36. The van der Waals surface area contributed by atoms with Crippen LogP contribution in [-0.4, -0.2) is 12.8 Å². The van der Waals surface area contributed by atoms with Crippen LogP contribution in [0.3, 0.4) is 0 Å². The number of benzene rings is 1. The summed E-state index contributed by atoms with van der Waals surface area (Å²) in [6.45, 7) is 0.938. The predicted octanol–water partition coefficient (Wildman–Crippen LogP) is 1.46. The minimum absolute atomic E-state index is 0.402. The molecule has 0 saturated carbocycles. The molecule has 1 unspecified atom stereocenters. The SMILES string of the molecule is O=CC1(c2ccccc2)CCCN1. The third-order valence-corrected chi connectivity index (χ3v) is 2.68. The largest absolute Gasteiger partial charge is 0.301 e. The van der Waals surface area contributed by atoms with Gasteiger partial charge in [-0.3, -0.25) is 0 Å². The molecule has 2 nitrogen and oxygen atoms in total. The summed E-state index contributed by atoms with van der Waals surface area (Å²) in [5.74, 6) is 0. The molecule has 0 aromatic heterocycles. The van der Waals surface area contributed by atoms with Crippen molar-refractivity contribution in [3.63, 3.8) is 0 Å². The van der Waals surface area contributed by atoms with Gasteiger partial charge in [-0.15, -0.1) is 0 Å². The Morgan fingerprint density at radius 3 is 2.62 bits per heavy atom. The molecule has 2 heteroatoms. The molecule has 68 valence electrons. The Bertz CT molecular complexity index is 288. The topological polar surface area (TPSA) is 29.1 Å². The second-order valence-corrected chi connectivity index (χ2v) is 3.49. The average Bonchev–Trinajstić information content (AvgIpc) is 2.69. The summed E-state index contributed by atoms with van der Waals surface area (Å²) < 4.78 is 0. The van der Waals surface area contributed by atoms with Crippen molar-refractivity contribution in [3.05, 3.63) is 35.9 Å². The molecule has 1 aliphatic heterocycles. The molecule has 1 aromatic rings. The quantitative estimate of drug-likeness (QED) is 0.689. The number of rotatable bonds is 2. The number of nitrogens with one attached hydrogen (secondary N) is 1. The number of hydrogen-bond acceptors (Lipinski definition) is 2. The molecule has 1 aromatic carbocycles. The van der Waals surface area contributed by atoms with E-state index in [2.05, 4.69) is 5.32 Å². The van der Waals surface area contributed by atoms with E-state index in [9.17, 15) is 4.79 Å². The lowest BCUT2D eigenvalue weighted by molar-refractivity contribution is -0.113. The molecule has 1 saturated heterocycles. The fourth-order valence-electron chi connectivity index (χ4n) is 1.92. The van der Waals surface area contributed by atoms with Gasteiger partial charge in [-0.25, -0.2) is 0 Å². The summed E-state index contributed by atoms with van der Waals surface area (Å²) >= 11 is 0. The van der Waals surface area contributed by atoms with Gasteiger partial charge in [0.15, 0.2) is 0 Å². The lowest BCUT2D eigenvalue weighted by Gasteiger charge is -2.22. The van der Waals surface area contributed by atoms with Crippen molar-refractivity contribution in [3.8, 4) is 0 Å². The first-order valence-corrected chi connectivity index (χ1v) is 4.64. The standard InChI is InChI=1S/C11H13NO/c13-9-11(7-4-8-12-11)10-5-2-1-3-6-10/h1-3,5-6,9,12H,4,7-8H2. The van der Waals surface area contributed by atoms with E-state index in [-0.39, 0.29) is 0 Å². The molecule has 0 aliphatic carbocycles. The fraction of sp³-hybridized carbons (Fsp3) is 0.364. The van der Waals surface area contributed by atoms with Crippen molar-refractivity contribution in [2.75, 3.05) is 6.54 Å². The van der Waals surface area contributed by atoms with E-state index < -0.39 is 5.54 Å². The van der Waals surface area contributed by atoms with Crippen LogP contribution in [0.15, 0.2) is 30.3 Å². The first-order valence-electron chi connectivity index (χ1n) is 4.64. The first kappa shape index (κ1) is 8.45. The van der Waals surface area contributed by atoms with Crippen molar-refractivity contribution < 1.29 is 4.79 Å². The minimum Gasteiger partial charge on any atom is -0.301 e. The number of carbonyl (C=O) groups is 1. The molecule has 1 fully saturated rings. The van der Waals surface area contributed by atoms with Crippen LogP contribution in [0.2, 0.25) is 0 Å². The third-order valence-electron chi connectivity index (χ3n) is 2.68. The van der Waals surface area contributed by atoms with Crippen LogP contribution in [-0.2, 0) is 10.3 Å². The highest BCUT2D eigenvalue weighted by Gasteiger charge is 2.34. The molecular formula is C11H13NO. The van der Waals surface area contributed by atoms with E-state index in [0.29, 0.717) is 0 Å². The summed E-state index contributed by atoms with van der Waals surface area (Å²) in [5, 5.41) is 3.27. The van der Waals surface area contributed by atoms with Gasteiger partial charge in [0.1, 0.15) is 6.29 Å². The summed E-state index contributed by atoms with van der Waals surface area (Å²) in [4.78, 5) is 11.1. The van der Waals surface area contributed by atoms with Crippen molar-refractivity contribution in [2.24, 2.45) is 0 Å². The zero-order valence-corrected chi connectivity index (χ0v) is 7.49. The maximum Gasteiger partial charge on any atom is 0.144 e. The highest BCUT2D eigenvalue weighted by Crippen LogP contribution is 2.28. The molecule has 1 atom stereocenters. The Morgan fingerprint density at radius 2 is 2.08 bits per heavy atom. The molecule has 1 aliphatic rings. The van der Waals surface area contributed by atoms with Crippen LogP contribution in [0.25, 0.3) is 0 Å². The lowest BCUT2D eigenvalue weighted by atomic mass is 9.90. The van der Waals surface area contributed by atoms with Crippen molar-refractivity contribution in [1.82, 2.24) is 5.32 Å². The Labute approximate surface area is 78.0 Å². The molecule has 0 amide bonds. The predicted molar refractivity (Wildman–Crippen MR) is 51.4 cm³/mol. The summed E-state index contributed by atoms with van der Waals surface area (Å²) in [7, 11) is 0. The average molecular weight is 175 g/mol. The second-order valence-electron chi connectivity index (χ2n) is 3.49. The van der Waals surface area contributed by atoms with Crippen LogP contribution >= 0.6 is 0 Å². The molecule has 1 heterocycles. The van der Waals surface area contributed by atoms with Gasteiger partial charge in [0.05, 0.1) is 5.54 Å². The highest BCUT2D eigenvalue weighted by atomic mass is 16.1. The third kappa shape index (κ3) is 1.38. The van der Waals surface area contributed by atoms with Gasteiger partial charge in [-0.05, 0) is 24.9 Å². The number of aldehydes is 1. The summed E-state index contributed by atoms with van der Waals surface area (Å²) in [5.41, 5.74) is 0.684. The highest BCUT2D eigenvalue weighted by molar-refractivity contribution is 5.68. The van der Waals surface area contributed by atoms with Gasteiger partial charge >= 0.3 is 0 Å². The van der Waals surface area contributed by atoms with Gasteiger partial charge in [0, 0.05) is 0 Å². The van der Waals surface area contributed by atoms with Crippen LogP contribution in [0.4, 0.5) is 0 Å². The zero-order chi connectivity index (χ0) is 9.15. The first-order chi connectivity index (χ1) is 6.37. The van der Waals surface area contributed by atoms with Gasteiger partial charge in [-0.1, -0.05) is 30.3 Å². The summed E-state index contributed by atoms with van der Waals surface area (Å²) in [6, 6.07) is 9.93. The van der Waals surface area contributed by atoms with E-state index in [1.54, 1.807) is 0 Å². The molecule has 0 spiro atoms. The number of carbonyl (C=O) groups excluding carboxylic acids is 1. The normalized spacial score (nSPS) is 27.4. The number of hydrogen-bond donors (Lipinski definition) is 1. The van der Waals surface area contributed by atoms with Gasteiger partial charge in [0.25, 0.3) is 0 Å². The molecule has 2 rings (SSSR count). The Kier molecular flexibility index (Phi) is 2.15. The Morgan fingerprint density at radius 1 is 1.31 bits per heavy atom. The van der Waals surface area contributed by atoms with E-state index in [1.165, 1.54) is 0 Å². The maximum absolute atomic E-state index is 11.1. The van der Waals surface area contributed by atoms with Crippen LogP contribution in [0.5, 0.6) is 0 Å².